The standard InChI is InChI=1S/C18H27FN2O2/c1-18(2,3)23-17(22)20-14-7-11-16(12-8-14)21(4)15-9-5-13(19)6-10-15/h5-6,9-10,14,16H,7-8,11-12H2,1-4H3,(H,20,22). The second-order valence-corrected chi connectivity index (χ2v) is 7.24. The first-order valence-electron chi connectivity index (χ1n) is 8.22. The molecule has 0 aliphatic heterocycles. The van der Waals surface area contributed by atoms with Crippen LogP contribution >= 0.6 is 0 Å². The second-order valence-electron chi connectivity index (χ2n) is 7.24. The van der Waals surface area contributed by atoms with E-state index in [0.29, 0.717) is 6.04 Å². The molecule has 0 atom stereocenters. The highest BCUT2D eigenvalue weighted by molar-refractivity contribution is 5.68. The number of rotatable bonds is 3. The molecular formula is C18H27FN2O2. The molecule has 128 valence electrons. The number of hydrogen-bond acceptors (Lipinski definition) is 3. The monoisotopic (exact) mass is 322 g/mol. The van der Waals surface area contributed by atoms with Crippen molar-refractivity contribution in [1.29, 1.82) is 0 Å². The van der Waals surface area contributed by atoms with E-state index >= 15 is 0 Å². The van der Waals surface area contributed by atoms with Crippen LogP contribution in [0.15, 0.2) is 24.3 Å². The summed E-state index contributed by atoms with van der Waals surface area (Å²) in [4.78, 5) is 14.0. The van der Waals surface area contributed by atoms with Gasteiger partial charge in [-0.25, -0.2) is 9.18 Å². The quantitative estimate of drug-likeness (QED) is 0.911. The molecule has 1 N–H and O–H groups in total. The maximum Gasteiger partial charge on any atom is 0.407 e. The summed E-state index contributed by atoms with van der Waals surface area (Å²) in [6, 6.07) is 7.17. The molecule has 0 unspecified atom stereocenters. The molecule has 0 spiro atoms. The fraction of sp³-hybridized carbons (Fsp3) is 0.611. The average molecular weight is 322 g/mol. The van der Waals surface area contributed by atoms with Gasteiger partial charge in [-0.1, -0.05) is 0 Å². The summed E-state index contributed by atoms with van der Waals surface area (Å²) in [7, 11) is 2.04. The van der Waals surface area contributed by atoms with Gasteiger partial charge in [-0.05, 0) is 70.7 Å². The SMILES string of the molecule is CN(c1ccc(F)cc1)C1CCC(NC(=O)OC(C)(C)C)CC1. The molecule has 23 heavy (non-hydrogen) atoms. The second kappa shape index (κ2) is 7.20. The van der Waals surface area contributed by atoms with E-state index in [0.717, 1.165) is 31.4 Å². The third-order valence-corrected chi connectivity index (χ3v) is 4.20. The van der Waals surface area contributed by atoms with E-state index in [9.17, 15) is 9.18 Å². The van der Waals surface area contributed by atoms with Crippen molar-refractivity contribution < 1.29 is 13.9 Å². The van der Waals surface area contributed by atoms with Crippen molar-refractivity contribution >= 4 is 11.8 Å². The smallest absolute Gasteiger partial charge is 0.407 e. The van der Waals surface area contributed by atoms with Crippen molar-refractivity contribution in [2.75, 3.05) is 11.9 Å². The number of anilines is 1. The van der Waals surface area contributed by atoms with E-state index in [1.54, 1.807) is 12.1 Å². The number of amides is 1. The summed E-state index contributed by atoms with van der Waals surface area (Å²) < 4.78 is 18.3. The number of carbonyl (C=O) groups is 1. The maximum atomic E-state index is 13.0. The van der Waals surface area contributed by atoms with Gasteiger partial charge in [0, 0.05) is 24.8 Å². The molecule has 1 aromatic carbocycles. The molecule has 1 amide bonds. The maximum absolute atomic E-state index is 13.0. The van der Waals surface area contributed by atoms with E-state index in [-0.39, 0.29) is 18.0 Å². The Morgan fingerprint density at radius 2 is 1.74 bits per heavy atom. The lowest BCUT2D eigenvalue weighted by Crippen LogP contribution is -2.44. The van der Waals surface area contributed by atoms with Crippen LogP contribution in [0, 0.1) is 5.82 Å². The largest absolute Gasteiger partial charge is 0.444 e. The summed E-state index contributed by atoms with van der Waals surface area (Å²) in [5.41, 5.74) is 0.555. The Labute approximate surface area is 138 Å². The Hall–Kier alpha value is -1.78. The van der Waals surface area contributed by atoms with Gasteiger partial charge >= 0.3 is 6.09 Å². The van der Waals surface area contributed by atoms with E-state index in [2.05, 4.69) is 10.2 Å². The zero-order valence-corrected chi connectivity index (χ0v) is 14.4. The van der Waals surface area contributed by atoms with Gasteiger partial charge in [-0.15, -0.1) is 0 Å². The Morgan fingerprint density at radius 3 is 2.26 bits per heavy atom. The van der Waals surface area contributed by atoms with Crippen LogP contribution in [0.1, 0.15) is 46.5 Å². The van der Waals surface area contributed by atoms with E-state index < -0.39 is 5.60 Å². The van der Waals surface area contributed by atoms with Gasteiger partial charge < -0.3 is 15.0 Å². The number of nitrogens with one attached hydrogen (secondary N) is 1. The van der Waals surface area contributed by atoms with Gasteiger partial charge in [0.2, 0.25) is 0 Å². The van der Waals surface area contributed by atoms with Gasteiger partial charge in [-0.2, -0.15) is 0 Å². The molecule has 0 heterocycles. The van der Waals surface area contributed by atoms with Crippen LogP contribution in [0.5, 0.6) is 0 Å². The Morgan fingerprint density at radius 1 is 1.17 bits per heavy atom. The number of carbonyl (C=O) groups excluding carboxylic acids is 1. The average Bonchev–Trinajstić information content (AvgIpc) is 2.46. The van der Waals surface area contributed by atoms with Crippen molar-refractivity contribution in [2.45, 2.75) is 64.1 Å². The minimum atomic E-state index is -0.468. The Kier molecular flexibility index (Phi) is 5.50. The predicted octanol–water partition coefficient (Wildman–Crippen LogP) is 4.10. The number of ether oxygens (including phenoxy) is 1. The molecule has 0 radical (unpaired) electrons. The Bertz CT molecular complexity index is 517. The normalized spacial score (nSPS) is 21.6. The molecule has 1 aliphatic carbocycles. The van der Waals surface area contributed by atoms with Crippen molar-refractivity contribution in [3.63, 3.8) is 0 Å². The number of nitrogens with zero attached hydrogens (tertiary/aromatic N) is 1. The molecule has 1 fully saturated rings. The van der Waals surface area contributed by atoms with Gasteiger partial charge in [0.15, 0.2) is 0 Å². The van der Waals surface area contributed by atoms with Gasteiger partial charge in [0.1, 0.15) is 11.4 Å². The highest BCUT2D eigenvalue weighted by Crippen LogP contribution is 2.26. The van der Waals surface area contributed by atoms with Gasteiger partial charge in [-0.3, -0.25) is 0 Å². The van der Waals surface area contributed by atoms with Crippen molar-refractivity contribution in [1.82, 2.24) is 5.32 Å². The predicted molar refractivity (Wildman–Crippen MR) is 90.2 cm³/mol. The third kappa shape index (κ3) is 5.41. The van der Waals surface area contributed by atoms with Crippen LogP contribution in [-0.2, 0) is 4.74 Å². The summed E-state index contributed by atoms with van der Waals surface area (Å²) in [6.45, 7) is 5.59. The van der Waals surface area contributed by atoms with Crippen molar-refractivity contribution in [3.8, 4) is 0 Å². The molecule has 4 nitrogen and oxygen atoms in total. The molecule has 1 aromatic rings. The number of alkyl carbamates (subject to hydrolysis) is 1. The molecule has 0 aromatic heterocycles. The van der Waals surface area contributed by atoms with E-state index in [1.807, 2.05) is 27.8 Å². The zero-order chi connectivity index (χ0) is 17.0. The fourth-order valence-corrected chi connectivity index (χ4v) is 2.97. The molecule has 1 aliphatic rings. The molecule has 0 saturated heterocycles. The van der Waals surface area contributed by atoms with Crippen LogP contribution in [0.3, 0.4) is 0 Å². The fourth-order valence-electron chi connectivity index (χ4n) is 2.97. The van der Waals surface area contributed by atoms with Crippen LogP contribution in [0.4, 0.5) is 14.9 Å². The molecular weight excluding hydrogens is 295 g/mol. The first-order chi connectivity index (χ1) is 10.7. The highest BCUT2D eigenvalue weighted by atomic mass is 19.1. The zero-order valence-electron chi connectivity index (χ0n) is 14.4. The molecule has 1 saturated carbocycles. The topological polar surface area (TPSA) is 41.6 Å². The summed E-state index contributed by atoms with van der Waals surface area (Å²) in [6.07, 6.45) is 3.50. The number of benzene rings is 1. The molecule has 0 bridgehead atoms. The minimum absolute atomic E-state index is 0.169. The highest BCUT2D eigenvalue weighted by Gasteiger charge is 2.26. The Balaban J connectivity index is 1.81. The first kappa shape index (κ1) is 17.6. The van der Waals surface area contributed by atoms with Crippen molar-refractivity contribution in [2.24, 2.45) is 0 Å². The lowest BCUT2D eigenvalue weighted by Gasteiger charge is -2.36. The van der Waals surface area contributed by atoms with Gasteiger partial charge in [0.25, 0.3) is 0 Å². The van der Waals surface area contributed by atoms with Crippen LogP contribution in [0.25, 0.3) is 0 Å². The van der Waals surface area contributed by atoms with Crippen LogP contribution < -0.4 is 10.2 Å². The number of halogens is 1. The minimum Gasteiger partial charge on any atom is -0.444 e. The molecule has 5 heteroatoms. The van der Waals surface area contributed by atoms with Crippen molar-refractivity contribution in [3.05, 3.63) is 30.1 Å². The molecule has 2 rings (SSSR count). The number of hydrogen-bond donors (Lipinski definition) is 1. The lowest BCUT2D eigenvalue weighted by atomic mass is 9.90. The van der Waals surface area contributed by atoms with E-state index in [1.165, 1.54) is 12.1 Å². The lowest BCUT2D eigenvalue weighted by molar-refractivity contribution is 0.0491. The third-order valence-electron chi connectivity index (χ3n) is 4.20. The van der Waals surface area contributed by atoms with Gasteiger partial charge in [0.05, 0.1) is 0 Å². The first-order valence-corrected chi connectivity index (χ1v) is 8.22. The van der Waals surface area contributed by atoms with Crippen LogP contribution in [-0.4, -0.2) is 30.8 Å². The van der Waals surface area contributed by atoms with E-state index in [4.69, 9.17) is 4.74 Å². The van der Waals surface area contributed by atoms with Crippen LogP contribution in [0.2, 0.25) is 0 Å². The summed E-state index contributed by atoms with van der Waals surface area (Å²) in [5, 5.41) is 2.95. The summed E-state index contributed by atoms with van der Waals surface area (Å²) in [5.74, 6) is -0.215. The summed E-state index contributed by atoms with van der Waals surface area (Å²) >= 11 is 0.